The molecule has 1 saturated carbocycles. The Morgan fingerprint density at radius 2 is 1.93 bits per heavy atom. The van der Waals surface area contributed by atoms with Crippen LogP contribution < -0.4 is 0 Å². The molecular weight excluding hydrogens is 200 g/mol. The van der Waals surface area contributed by atoms with E-state index < -0.39 is 23.8 Å². The Kier molecular flexibility index (Phi) is 1.81. The molecule has 3 unspecified atom stereocenters. The summed E-state index contributed by atoms with van der Waals surface area (Å²) >= 11 is 0. The molecule has 3 aliphatic rings. The van der Waals surface area contributed by atoms with Crippen molar-refractivity contribution in [1.82, 2.24) is 0 Å². The first-order valence-corrected chi connectivity index (χ1v) is 5.23. The van der Waals surface area contributed by atoms with E-state index >= 15 is 0 Å². The Morgan fingerprint density at radius 3 is 2.47 bits per heavy atom. The quantitative estimate of drug-likeness (QED) is 0.669. The Balaban J connectivity index is 1.88. The summed E-state index contributed by atoms with van der Waals surface area (Å²) in [7, 11) is 1.57. The first-order valence-electron chi connectivity index (χ1n) is 5.23. The number of aliphatic hydroxyl groups excluding tert-OH is 1. The maximum atomic E-state index is 9.63. The van der Waals surface area contributed by atoms with Gasteiger partial charge in [0.15, 0.2) is 12.1 Å². The van der Waals surface area contributed by atoms with Crippen molar-refractivity contribution < 1.29 is 24.1 Å². The van der Waals surface area contributed by atoms with Crippen LogP contribution in [0, 0.1) is 0 Å². The molecule has 0 bridgehead atoms. The van der Waals surface area contributed by atoms with Gasteiger partial charge in [0.25, 0.3) is 0 Å². The average Bonchev–Trinajstić information content (AvgIpc) is 2.53. The summed E-state index contributed by atoms with van der Waals surface area (Å²) in [6.45, 7) is 3.72. The van der Waals surface area contributed by atoms with Crippen LogP contribution >= 0.6 is 0 Å². The van der Waals surface area contributed by atoms with Gasteiger partial charge in [-0.15, -0.1) is 0 Å². The van der Waals surface area contributed by atoms with Gasteiger partial charge in [-0.2, -0.15) is 0 Å². The summed E-state index contributed by atoms with van der Waals surface area (Å²) in [6.07, 6.45) is -0.737. The standard InChI is InChI=1S/C10H16O5/c1-9(2)13-6-7(14-9)10(4-5(10)11)15-8(6)12-3/h5-8,11H,4H2,1-3H3/t5-,6?,7?,8?,10-/m1/s1. The lowest BCUT2D eigenvalue weighted by Gasteiger charge is -2.23. The third kappa shape index (κ3) is 1.21. The van der Waals surface area contributed by atoms with Crippen LogP contribution in [0.3, 0.4) is 0 Å². The molecule has 5 heteroatoms. The second-order valence-corrected chi connectivity index (χ2v) is 4.92. The zero-order valence-electron chi connectivity index (χ0n) is 9.10. The van der Waals surface area contributed by atoms with Crippen molar-refractivity contribution in [2.24, 2.45) is 0 Å². The number of hydrogen-bond donors (Lipinski definition) is 1. The van der Waals surface area contributed by atoms with Crippen LogP contribution in [0.25, 0.3) is 0 Å². The average molecular weight is 216 g/mol. The van der Waals surface area contributed by atoms with Gasteiger partial charge in [0.05, 0.1) is 6.10 Å². The first-order chi connectivity index (χ1) is 6.98. The zero-order chi connectivity index (χ0) is 10.8. The summed E-state index contributed by atoms with van der Waals surface area (Å²) in [5.41, 5.74) is -0.584. The van der Waals surface area contributed by atoms with E-state index in [1.807, 2.05) is 13.8 Å². The molecule has 2 heterocycles. The van der Waals surface area contributed by atoms with Crippen molar-refractivity contribution in [3.05, 3.63) is 0 Å². The minimum atomic E-state index is -0.620. The van der Waals surface area contributed by atoms with Crippen molar-refractivity contribution in [2.45, 2.75) is 56.3 Å². The van der Waals surface area contributed by atoms with Gasteiger partial charge in [-0.3, -0.25) is 0 Å². The van der Waals surface area contributed by atoms with Crippen LogP contribution in [-0.2, 0) is 18.9 Å². The van der Waals surface area contributed by atoms with Gasteiger partial charge >= 0.3 is 0 Å². The smallest absolute Gasteiger partial charge is 0.187 e. The predicted octanol–water partition coefficient (Wildman–Crippen LogP) is 0.0126. The van der Waals surface area contributed by atoms with Crippen LogP contribution in [0.4, 0.5) is 0 Å². The molecule has 2 saturated heterocycles. The van der Waals surface area contributed by atoms with E-state index in [1.54, 1.807) is 7.11 Å². The van der Waals surface area contributed by atoms with E-state index in [1.165, 1.54) is 0 Å². The normalized spacial score (nSPS) is 56.0. The Morgan fingerprint density at radius 1 is 1.27 bits per heavy atom. The van der Waals surface area contributed by atoms with Crippen LogP contribution in [-0.4, -0.2) is 48.2 Å². The van der Waals surface area contributed by atoms with Gasteiger partial charge in [-0.05, 0) is 13.8 Å². The maximum Gasteiger partial charge on any atom is 0.187 e. The predicted molar refractivity (Wildman–Crippen MR) is 49.1 cm³/mol. The number of aliphatic hydroxyl groups is 1. The van der Waals surface area contributed by atoms with Crippen molar-refractivity contribution in [1.29, 1.82) is 0 Å². The van der Waals surface area contributed by atoms with Crippen molar-refractivity contribution >= 4 is 0 Å². The topological polar surface area (TPSA) is 57.2 Å². The number of methoxy groups -OCH3 is 1. The Hall–Kier alpha value is -0.200. The third-order valence-corrected chi connectivity index (χ3v) is 3.36. The van der Waals surface area contributed by atoms with Crippen LogP contribution in [0.5, 0.6) is 0 Å². The molecule has 0 amide bonds. The molecule has 1 aliphatic carbocycles. The fraction of sp³-hybridized carbons (Fsp3) is 1.00. The lowest BCUT2D eigenvalue weighted by atomic mass is 10.1. The highest BCUT2D eigenvalue weighted by atomic mass is 16.8. The molecule has 0 aromatic carbocycles. The summed E-state index contributed by atoms with van der Waals surface area (Å²) in [5.74, 6) is -0.620. The fourth-order valence-electron chi connectivity index (χ4n) is 2.57. The molecule has 2 aliphatic heterocycles. The number of ether oxygens (including phenoxy) is 4. The van der Waals surface area contributed by atoms with Gasteiger partial charge in [0.1, 0.15) is 17.8 Å². The molecule has 0 aromatic rings. The molecule has 15 heavy (non-hydrogen) atoms. The van der Waals surface area contributed by atoms with E-state index in [-0.39, 0.29) is 12.2 Å². The molecule has 0 radical (unpaired) electrons. The molecule has 5 nitrogen and oxygen atoms in total. The highest BCUT2D eigenvalue weighted by Gasteiger charge is 2.73. The largest absolute Gasteiger partial charge is 0.390 e. The van der Waals surface area contributed by atoms with E-state index in [0.717, 1.165) is 0 Å². The Labute approximate surface area is 88.3 Å². The summed E-state index contributed by atoms with van der Waals surface area (Å²) in [5, 5.41) is 9.63. The van der Waals surface area contributed by atoms with Gasteiger partial charge in [0.2, 0.25) is 0 Å². The van der Waals surface area contributed by atoms with Crippen molar-refractivity contribution in [3.63, 3.8) is 0 Å². The maximum absolute atomic E-state index is 9.63. The highest BCUT2D eigenvalue weighted by molar-refractivity contribution is 5.19. The molecule has 1 spiro atoms. The summed E-state index contributed by atoms with van der Waals surface area (Å²) < 4.78 is 22.3. The van der Waals surface area contributed by atoms with Gasteiger partial charge in [0, 0.05) is 13.5 Å². The van der Waals surface area contributed by atoms with E-state index in [4.69, 9.17) is 18.9 Å². The third-order valence-electron chi connectivity index (χ3n) is 3.36. The monoisotopic (exact) mass is 216 g/mol. The van der Waals surface area contributed by atoms with Crippen LogP contribution in [0.2, 0.25) is 0 Å². The van der Waals surface area contributed by atoms with E-state index in [0.29, 0.717) is 6.42 Å². The van der Waals surface area contributed by atoms with Gasteiger partial charge < -0.3 is 24.1 Å². The van der Waals surface area contributed by atoms with Crippen molar-refractivity contribution in [3.8, 4) is 0 Å². The van der Waals surface area contributed by atoms with Crippen molar-refractivity contribution in [2.75, 3.05) is 7.11 Å². The summed E-state index contributed by atoms with van der Waals surface area (Å²) in [6, 6.07) is 0. The second-order valence-electron chi connectivity index (χ2n) is 4.92. The SMILES string of the molecule is COC1O[C@@]2(C[C@H]2O)C2OC(C)(C)OC12. The number of fused-ring (bicyclic) bond motifs is 2. The van der Waals surface area contributed by atoms with E-state index in [9.17, 15) is 5.11 Å². The molecule has 0 aromatic heterocycles. The lowest BCUT2D eigenvalue weighted by Crippen LogP contribution is -2.34. The number of rotatable bonds is 1. The molecule has 3 rings (SSSR count). The van der Waals surface area contributed by atoms with Gasteiger partial charge in [-0.25, -0.2) is 0 Å². The minimum absolute atomic E-state index is 0.215. The van der Waals surface area contributed by atoms with Crippen LogP contribution in [0.15, 0.2) is 0 Å². The number of hydrogen-bond acceptors (Lipinski definition) is 5. The van der Waals surface area contributed by atoms with Gasteiger partial charge in [-0.1, -0.05) is 0 Å². The second kappa shape index (κ2) is 2.73. The molecule has 3 fully saturated rings. The highest BCUT2D eigenvalue weighted by Crippen LogP contribution is 2.56. The van der Waals surface area contributed by atoms with Crippen LogP contribution in [0.1, 0.15) is 20.3 Å². The van der Waals surface area contributed by atoms with E-state index in [2.05, 4.69) is 0 Å². The zero-order valence-corrected chi connectivity index (χ0v) is 9.10. The first kappa shape index (κ1) is 9.99. The lowest BCUT2D eigenvalue weighted by molar-refractivity contribution is -0.236. The Bertz CT molecular complexity index is 292. The minimum Gasteiger partial charge on any atom is -0.390 e. The fourth-order valence-corrected chi connectivity index (χ4v) is 2.57. The molecule has 5 atom stereocenters. The molecular formula is C10H16O5. The molecule has 1 N–H and O–H groups in total. The molecule has 86 valence electrons. The summed E-state index contributed by atoms with van der Waals surface area (Å²) in [4.78, 5) is 0.